The van der Waals surface area contributed by atoms with Crippen LogP contribution in [0.3, 0.4) is 0 Å². The second-order valence-electron chi connectivity index (χ2n) is 7.86. The summed E-state index contributed by atoms with van der Waals surface area (Å²) in [5.41, 5.74) is 3.11. The number of benzene rings is 2. The molecule has 0 aliphatic carbocycles. The van der Waals surface area contributed by atoms with Crippen molar-refractivity contribution in [2.24, 2.45) is 0 Å². The normalized spacial score (nSPS) is 11.6. The van der Waals surface area contributed by atoms with Crippen LogP contribution in [0.5, 0.6) is 0 Å². The van der Waals surface area contributed by atoms with Gasteiger partial charge in [0.05, 0.1) is 22.3 Å². The Labute approximate surface area is 169 Å². The molecule has 0 atom stereocenters. The first kappa shape index (κ1) is 20.1. The standard InChI is InChI=1S/C22H25N3O2S/c1-14-9-8-12-18(15(14)2)25-20(27)16-10-6-7-11-17(16)23-21(25)28-13-19(26)24-22(3,4)5/h6-12H,13H2,1-5H3,(H,24,26). The molecule has 0 fully saturated rings. The number of fused-ring (bicyclic) bond motifs is 1. The third-order valence-electron chi connectivity index (χ3n) is 4.41. The van der Waals surface area contributed by atoms with Crippen LogP contribution in [0, 0.1) is 13.8 Å². The smallest absolute Gasteiger partial charge is 0.266 e. The highest BCUT2D eigenvalue weighted by molar-refractivity contribution is 7.99. The summed E-state index contributed by atoms with van der Waals surface area (Å²) in [5.74, 6) is 0.0971. The van der Waals surface area contributed by atoms with Crippen LogP contribution >= 0.6 is 11.8 Å². The van der Waals surface area contributed by atoms with E-state index in [1.165, 1.54) is 11.8 Å². The number of carbonyl (C=O) groups excluding carboxylic acids is 1. The van der Waals surface area contributed by atoms with Crippen molar-refractivity contribution in [3.63, 3.8) is 0 Å². The lowest BCUT2D eigenvalue weighted by atomic mass is 10.1. The molecule has 6 heteroatoms. The zero-order valence-electron chi connectivity index (χ0n) is 16.9. The molecule has 1 amide bonds. The molecule has 2 aromatic carbocycles. The third kappa shape index (κ3) is 4.28. The molecule has 3 aromatic rings. The van der Waals surface area contributed by atoms with Gasteiger partial charge in [-0.1, -0.05) is 36.0 Å². The zero-order chi connectivity index (χ0) is 20.5. The molecular formula is C22H25N3O2S. The van der Waals surface area contributed by atoms with Crippen molar-refractivity contribution >= 4 is 28.6 Å². The Kier molecular flexibility index (Phi) is 5.61. The summed E-state index contributed by atoms with van der Waals surface area (Å²) >= 11 is 1.27. The lowest BCUT2D eigenvalue weighted by Crippen LogP contribution is -2.41. The summed E-state index contributed by atoms with van der Waals surface area (Å²) in [6.07, 6.45) is 0. The molecule has 1 aromatic heterocycles. The van der Waals surface area contributed by atoms with Crippen LogP contribution in [0.15, 0.2) is 52.4 Å². The first-order valence-electron chi connectivity index (χ1n) is 9.19. The summed E-state index contributed by atoms with van der Waals surface area (Å²) in [5, 5.41) is 4.02. The summed E-state index contributed by atoms with van der Waals surface area (Å²) in [6, 6.07) is 13.2. The van der Waals surface area contributed by atoms with E-state index in [1.807, 2.05) is 71.0 Å². The van der Waals surface area contributed by atoms with Gasteiger partial charge in [0, 0.05) is 5.54 Å². The number of thioether (sulfide) groups is 1. The molecule has 1 N–H and O–H groups in total. The van der Waals surface area contributed by atoms with Crippen molar-refractivity contribution in [1.82, 2.24) is 14.9 Å². The SMILES string of the molecule is Cc1cccc(-n2c(SCC(=O)NC(C)(C)C)nc3ccccc3c2=O)c1C. The van der Waals surface area contributed by atoms with Crippen molar-refractivity contribution in [2.45, 2.75) is 45.3 Å². The quantitative estimate of drug-likeness (QED) is 0.535. The lowest BCUT2D eigenvalue weighted by molar-refractivity contribution is -0.119. The maximum atomic E-state index is 13.3. The molecule has 3 rings (SSSR count). The van der Waals surface area contributed by atoms with Gasteiger partial charge < -0.3 is 5.32 Å². The van der Waals surface area contributed by atoms with Gasteiger partial charge in [-0.25, -0.2) is 4.98 Å². The lowest BCUT2D eigenvalue weighted by Gasteiger charge is -2.20. The Balaban J connectivity index is 2.11. The molecule has 0 aliphatic heterocycles. The topological polar surface area (TPSA) is 64.0 Å². The maximum absolute atomic E-state index is 13.3. The Morgan fingerprint density at radius 3 is 2.54 bits per heavy atom. The first-order chi connectivity index (χ1) is 13.2. The predicted octanol–water partition coefficient (Wildman–Crippen LogP) is 4.01. The highest BCUT2D eigenvalue weighted by Crippen LogP contribution is 2.24. The van der Waals surface area contributed by atoms with Crippen molar-refractivity contribution in [1.29, 1.82) is 0 Å². The minimum Gasteiger partial charge on any atom is -0.351 e. The fourth-order valence-electron chi connectivity index (χ4n) is 2.98. The molecule has 146 valence electrons. The second kappa shape index (κ2) is 7.80. The van der Waals surface area contributed by atoms with E-state index in [1.54, 1.807) is 10.6 Å². The predicted molar refractivity (Wildman–Crippen MR) is 115 cm³/mol. The van der Waals surface area contributed by atoms with E-state index in [0.717, 1.165) is 16.8 Å². The second-order valence-corrected chi connectivity index (χ2v) is 8.80. The van der Waals surface area contributed by atoms with Crippen LogP contribution in [0.2, 0.25) is 0 Å². The molecule has 0 saturated heterocycles. The fraction of sp³-hybridized carbons (Fsp3) is 0.318. The summed E-state index contributed by atoms with van der Waals surface area (Å²) in [6.45, 7) is 9.83. The molecule has 0 bridgehead atoms. The Morgan fingerprint density at radius 2 is 1.82 bits per heavy atom. The molecule has 5 nitrogen and oxygen atoms in total. The van der Waals surface area contributed by atoms with E-state index in [9.17, 15) is 9.59 Å². The number of nitrogens with one attached hydrogen (secondary N) is 1. The average Bonchev–Trinajstić information content (AvgIpc) is 2.62. The van der Waals surface area contributed by atoms with Crippen molar-refractivity contribution < 1.29 is 4.79 Å². The summed E-state index contributed by atoms with van der Waals surface area (Å²) < 4.78 is 1.62. The van der Waals surface area contributed by atoms with E-state index in [-0.39, 0.29) is 22.8 Å². The number of nitrogens with zero attached hydrogens (tertiary/aromatic N) is 2. The highest BCUT2D eigenvalue weighted by Gasteiger charge is 2.18. The molecule has 0 aliphatic rings. The minimum atomic E-state index is -0.304. The number of hydrogen-bond donors (Lipinski definition) is 1. The van der Waals surface area contributed by atoms with Crippen molar-refractivity contribution in [3.8, 4) is 5.69 Å². The van der Waals surface area contributed by atoms with Crippen molar-refractivity contribution in [2.75, 3.05) is 5.75 Å². The van der Waals surface area contributed by atoms with Crippen molar-refractivity contribution in [3.05, 3.63) is 63.9 Å². The van der Waals surface area contributed by atoms with E-state index in [0.29, 0.717) is 16.1 Å². The number of rotatable bonds is 4. The maximum Gasteiger partial charge on any atom is 0.266 e. The van der Waals surface area contributed by atoms with E-state index in [4.69, 9.17) is 4.98 Å². The van der Waals surface area contributed by atoms with Gasteiger partial charge in [0.15, 0.2) is 5.16 Å². The number of aryl methyl sites for hydroxylation is 1. The van der Waals surface area contributed by atoms with Crippen LogP contribution in [-0.2, 0) is 4.79 Å². The van der Waals surface area contributed by atoms with Gasteiger partial charge in [-0.05, 0) is 63.9 Å². The largest absolute Gasteiger partial charge is 0.351 e. The first-order valence-corrected chi connectivity index (χ1v) is 10.2. The van der Waals surface area contributed by atoms with E-state index < -0.39 is 0 Å². The molecule has 0 radical (unpaired) electrons. The van der Waals surface area contributed by atoms with Gasteiger partial charge in [-0.15, -0.1) is 0 Å². The van der Waals surface area contributed by atoms with Crippen LogP contribution in [0.4, 0.5) is 0 Å². The molecule has 28 heavy (non-hydrogen) atoms. The number of para-hydroxylation sites is 1. The van der Waals surface area contributed by atoms with E-state index in [2.05, 4.69) is 5.32 Å². The van der Waals surface area contributed by atoms with Crippen LogP contribution in [-0.4, -0.2) is 26.8 Å². The van der Waals surface area contributed by atoms with Gasteiger partial charge >= 0.3 is 0 Å². The van der Waals surface area contributed by atoms with Gasteiger partial charge in [-0.2, -0.15) is 0 Å². The fourth-order valence-corrected chi connectivity index (χ4v) is 3.79. The monoisotopic (exact) mass is 395 g/mol. The van der Waals surface area contributed by atoms with E-state index >= 15 is 0 Å². The van der Waals surface area contributed by atoms with Crippen LogP contribution in [0.25, 0.3) is 16.6 Å². The zero-order valence-corrected chi connectivity index (χ0v) is 17.7. The Hall–Kier alpha value is -2.60. The third-order valence-corrected chi connectivity index (χ3v) is 5.35. The molecule has 1 heterocycles. The van der Waals surface area contributed by atoms with Gasteiger partial charge in [0.25, 0.3) is 5.56 Å². The molecular weight excluding hydrogens is 370 g/mol. The Bertz CT molecular complexity index is 1100. The summed E-state index contributed by atoms with van der Waals surface area (Å²) in [4.78, 5) is 30.3. The number of amides is 1. The molecule has 0 saturated carbocycles. The molecule has 0 unspecified atom stereocenters. The Morgan fingerprint density at radius 1 is 1.11 bits per heavy atom. The minimum absolute atomic E-state index is 0.0904. The van der Waals surface area contributed by atoms with Gasteiger partial charge in [0.1, 0.15) is 0 Å². The average molecular weight is 396 g/mol. The highest BCUT2D eigenvalue weighted by atomic mass is 32.2. The van der Waals surface area contributed by atoms with Gasteiger partial charge in [0.2, 0.25) is 5.91 Å². The van der Waals surface area contributed by atoms with Crippen LogP contribution < -0.4 is 10.9 Å². The number of aromatic nitrogens is 2. The summed E-state index contributed by atoms with van der Waals surface area (Å²) in [7, 11) is 0. The number of hydrogen-bond acceptors (Lipinski definition) is 4. The molecule has 0 spiro atoms. The van der Waals surface area contributed by atoms with Gasteiger partial charge in [-0.3, -0.25) is 14.2 Å². The number of carbonyl (C=O) groups is 1. The van der Waals surface area contributed by atoms with Crippen LogP contribution in [0.1, 0.15) is 31.9 Å².